The highest BCUT2D eigenvalue weighted by Gasteiger charge is 2.48. The predicted molar refractivity (Wildman–Crippen MR) is 55.4 cm³/mol. The summed E-state index contributed by atoms with van der Waals surface area (Å²) < 4.78 is 0. The fourth-order valence-electron chi connectivity index (χ4n) is 4.65. The van der Waals surface area contributed by atoms with Gasteiger partial charge >= 0.3 is 0 Å². The molecule has 0 aromatic carbocycles. The first kappa shape index (κ1) is 8.32. The molecule has 74 valence electrons. The van der Waals surface area contributed by atoms with Gasteiger partial charge in [-0.15, -0.1) is 0 Å². The molecule has 0 N–H and O–H groups in total. The molecule has 2 bridgehead atoms. The SMILES string of the molecule is CCC1CCC2C3CCC(C3)C2C1. The number of hydrogen-bond acceptors (Lipinski definition) is 0. The van der Waals surface area contributed by atoms with Crippen molar-refractivity contribution in [1.29, 1.82) is 0 Å². The van der Waals surface area contributed by atoms with Crippen LogP contribution < -0.4 is 0 Å². The molecule has 0 aromatic heterocycles. The van der Waals surface area contributed by atoms with Gasteiger partial charge in [-0.05, 0) is 61.7 Å². The minimum Gasteiger partial charge on any atom is -0.0651 e. The quantitative estimate of drug-likeness (QED) is 0.572. The van der Waals surface area contributed by atoms with E-state index in [1.807, 2.05) is 0 Å². The largest absolute Gasteiger partial charge is 0.0651 e. The zero-order chi connectivity index (χ0) is 8.84. The molecular weight excluding hydrogens is 156 g/mol. The normalized spacial score (nSPS) is 53.8. The van der Waals surface area contributed by atoms with Gasteiger partial charge in [0.2, 0.25) is 0 Å². The van der Waals surface area contributed by atoms with Crippen LogP contribution in [0.5, 0.6) is 0 Å². The van der Waals surface area contributed by atoms with Gasteiger partial charge in [-0.25, -0.2) is 0 Å². The molecule has 3 rings (SSSR count). The molecule has 5 atom stereocenters. The summed E-state index contributed by atoms with van der Waals surface area (Å²) in [5.74, 6) is 5.80. The minimum atomic E-state index is 1.10. The Labute approximate surface area is 82.1 Å². The van der Waals surface area contributed by atoms with Crippen LogP contribution in [0.3, 0.4) is 0 Å². The van der Waals surface area contributed by atoms with Crippen molar-refractivity contribution in [3.05, 3.63) is 0 Å². The third kappa shape index (κ3) is 1.17. The maximum atomic E-state index is 2.39. The molecular formula is C13H22. The molecule has 0 aromatic rings. The molecule has 5 unspecified atom stereocenters. The van der Waals surface area contributed by atoms with E-state index >= 15 is 0 Å². The topological polar surface area (TPSA) is 0 Å². The Balaban J connectivity index is 1.74. The Morgan fingerprint density at radius 2 is 1.62 bits per heavy atom. The van der Waals surface area contributed by atoms with E-state index in [1.165, 1.54) is 30.1 Å². The number of fused-ring (bicyclic) bond motifs is 5. The second kappa shape index (κ2) is 3.00. The lowest BCUT2D eigenvalue weighted by atomic mass is 9.67. The number of hydrogen-bond donors (Lipinski definition) is 0. The second-order valence-electron chi connectivity index (χ2n) is 5.75. The molecule has 0 aliphatic heterocycles. The highest BCUT2D eigenvalue weighted by Crippen LogP contribution is 2.58. The Morgan fingerprint density at radius 3 is 2.38 bits per heavy atom. The molecule has 3 aliphatic rings. The van der Waals surface area contributed by atoms with Crippen LogP contribution in [0.1, 0.15) is 51.9 Å². The summed E-state index contributed by atoms with van der Waals surface area (Å²) in [5.41, 5.74) is 0. The van der Waals surface area contributed by atoms with Crippen LogP contribution in [0.15, 0.2) is 0 Å². The lowest BCUT2D eigenvalue weighted by Gasteiger charge is -2.38. The standard InChI is InChI=1S/C13H22/c1-2-9-3-6-12-10-4-5-11(8-10)13(12)7-9/h9-13H,2-8H2,1H3. The Morgan fingerprint density at radius 1 is 0.846 bits per heavy atom. The zero-order valence-corrected chi connectivity index (χ0v) is 8.84. The zero-order valence-electron chi connectivity index (χ0n) is 8.84. The monoisotopic (exact) mass is 178 g/mol. The van der Waals surface area contributed by atoms with Crippen LogP contribution in [-0.2, 0) is 0 Å². The van der Waals surface area contributed by atoms with Crippen LogP contribution in [-0.4, -0.2) is 0 Å². The lowest BCUT2D eigenvalue weighted by Crippen LogP contribution is -2.29. The third-order valence-electron chi connectivity index (χ3n) is 5.37. The van der Waals surface area contributed by atoms with Crippen LogP contribution >= 0.6 is 0 Å². The van der Waals surface area contributed by atoms with Gasteiger partial charge in [0.15, 0.2) is 0 Å². The summed E-state index contributed by atoms with van der Waals surface area (Å²) in [6, 6.07) is 0. The molecule has 0 saturated heterocycles. The molecule has 3 saturated carbocycles. The molecule has 0 amide bonds. The maximum absolute atomic E-state index is 2.39. The van der Waals surface area contributed by atoms with Crippen molar-refractivity contribution in [3.8, 4) is 0 Å². The van der Waals surface area contributed by atoms with Crippen molar-refractivity contribution in [2.45, 2.75) is 51.9 Å². The number of rotatable bonds is 1. The van der Waals surface area contributed by atoms with E-state index in [9.17, 15) is 0 Å². The van der Waals surface area contributed by atoms with Crippen molar-refractivity contribution in [2.75, 3.05) is 0 Å². The van der Waals surface area contributed by atoms with E-state index in [-0.39, 0.29) is 0 Å². The van der Waals surface area contributed by atoms with Gasteiger partial charge in [-0.2, -0.15) is 0 Å². The van der Waals surface area contributed by atoms with Crippen molar-refractivity contribution in [3.63, 3.8) is 0 Å². The first-order valence-electron chi connectivity index (χ1n) is 6.38. The molecule has 3 fully saturated rings. The van der Waals surface area contributed by atoms with E-state index in [2.05, 4.69) is 6.92 Å². The Hall–Kier alpha value is 0. The second-order valence-corrected chi connectivity index (χ2v) is 5.75. The molecule has 0 nitrogen and oxygen atoms in total. The third-order valence-corrected chi connectivity index (χ3v) is 5.37. The van der Waals surface area contributed by atoms with Crippen molar-refractivity contribution in [2.24, 2.45) is 29.6 Å². The molecule has 0 heteroatoms. The molecule has 0 heterocycles. The first-order chi connectivity index (χ1) is 6.38. The van der Waals surface area contributed by atoms with E-state index in [1.54, 1.807) is 38.5 Å². The summed E-state index contributed by atoms with van der Waals surface area (Å²) in [4.78, 5) is 0. The Kier molecular flexibility index (Phi) is 1.92. The van der Waals surface area contributed by atoms with Crippen molar-refractivity contribution >= 4 is 0 Å². The van der Waals surface area contributed by atoms with E-state index < -0.39 is 0 Å². The summed E-state index contributed by atoms with van der Waals surface area (Å²) in [7, 11) is 0. The highest BCUT2D eigenvalue weighted by atomic mass is 14.5. The summed E-state index contributed by atoms with van der Waals surface area (Å²) in [6.07, 6.45) is 11.0. The van der Waals surface area contributed by atoms with Gasteiger partial charge < -0.3 is 0 Å². The van der Waals surface area contributed by atoms with Crippen molar-refractivity contribution in [1.82, 2.24) is 0 Å². The van der Waals surface area contributed by atoms with E-state index in [0.717, 1.165) is 5.92 Å². The van der Waals surface area contributed by atoms with Gasteiger partial charge in [0, 0.05) is 0 Å². The predicted octanol–water partition coefficient (Wildman–Crippen LogP) is 3.86. The fourth-order valence-corrected chi connectivity index (χ4v) is 4.65. The maximum Gasteiger partial charge on any atom is -0.0352 e. The van der Waals surface area contributed by atoms with Gasteiger partial charge in [0.1, 0.15) is 0 Å². The highest BCUT2D eigenvalue weighted by molar-refractivity contribution is 4.98. The average molecular weight is 178 g/mol. The summed E-state index contributed by atoms with van der Waals surface area (Å²) >= 11 is 0. The van der Waals surface area contributed by atoms with Crippen LogP contribution in [0.2, 0.25) is 0 Å². The minimum absolute atomic E-state index is 1.10. The van der Waals surface area contributed by atoms with Gasteiger partial charge in [-0.1, -0.05) is 19.8 Å². The summed E-state index contributed by atoms with van der Waals surface area (Å²) in [5, 5.41) is 0. The first-order valence-corrected chi connectivity index (χ1v) is 6.38. The molecule has 13 heavy (non-hydrogen) atoms. The van der Waals surface area contributed by atoms with Crippen LogP contribution in [0.4, 0.5) is 0 Å². The average Bonchev–Trinajstić information content (AvgIpc) is 2.77. The molecule has 0 radical (unpaired) electrons. The smallest absolute Gasteiger partial charge is 0.0352 e. The van der Waals surface area contributed by atoms with Gasteiger partial charge in [-0.3, -0.25) is 0 Å². The lowest BCUT2D eigenvalue weighted by molar-refractivity contribution is 0.117. The van der Waals surface area contributed by atoms with Gasteiger partial charge in [0.25, 0.3) is 0 Å². The summed E-state index contributed by atoms with van der Waals surface area (Å²) in [6.45, 7) is 2.39. The van der Waals surface area contributed by atoms with Crippen LogP contribution in [0, 0.1) is 29.6 Å². The fraction of sp³-hybridized carbons (Fsp3) is 1.00. The molecule has 3 aliphatic carbocycles. The van der Waals surface area contributed by atoms with Crippen LogP contribution in [0.25, 0.3) is 0 Å². The van der Waals surface area contributed by atoms with E-state index in [0.29, 0.717) is 0 Å². The molecule has 0 spiro atoms. The van der Waals surface area contributed by atoms with E-state index in [4.69, 9.17) is 0 Å². The van der Waals surface area contributed by atoms with Gasteiger partial charge in [0.05, 0.1) is 0 Å². The Bertz CT molecular complexity index is 196. The van der Waals surface area contributed by atoms with Crippen molar-refractivity contribution < 1.29 is 0 Å².